The third-order valence-electron chi connectivity index (χ3n) is 4.99. The van der Waals surface area contributed by atoms with Crippen molar-refractivity contribution in [2.24, 2.45) is 11.3 Å². The zero-order valence-electron chi connectivity index (χ0n) is 13.5. The number of likely N-dealkylation sites (tertiary alicyclic amines) is 1. The van der Waals surface area contributed by atoms with Gasteiger partial charge in [-0.15, -0.1) is 0 Å². The van der Waals surface area contributed by atoms with Crippen LogP contribution in [-0.2, 0) is 14.3 Å². The maximum atomic E-state index is 13.1. The van der Waals surface area contributed by atoms with Crippen molar-refractivity contribution in [2.75, 3.05) is 38.2 Å². The van der Waals surface area contributed by atoms with E-state index < -0.39 is 11.4 Å². The van der Waals surface area contributed by atoms with E-state index in [0.717, 1.165) is 0 Å². The smallest absolute Gasteiger partial charge is 0.313 e. The molecule has 2 aliphatic heterocycles. The van der Waals surface area contributed by atoms with Crippen molar-refractivity contribution in [1.29, 1.82) is 0 Å². The summed E-state index contributed by atoms with van der Waals surface area (Å²) in [6, 6.07) is 4.18. The minimum Gasteiger partial charge on any atom is -0.481 e. The molecule has 6 nitrogen and oxygen atoms in total. The zero-order chi connectivity index (χ0) is 17.3. The first-order chi connectivity index (χ1) is 11.4. The average molecular weight is 336 g/mol. The predicted octanol–water partition coefficient (Wildman–Crippen LogP) is 1.50. The molecule has 1 aromatic rings. The van der Waals surface area contributed by atoms with Crippen LogP contribution in [0.4, 0.5) is 10.1 Å². The van der Waals surface area contributed by atoms with Gasteiger partial charge in [0.2, 0.25) is 5.91 Å². The monoisotopic (exact) mass is 336 g/mol. The Morgan fingerprint density at radius 3 is 2.96 bits per heavy atom. The number of hydrogen-bond acceptors (Lipinski definition) is 4. The highest BCUT2D eigenvalue weighted by Gasteiger charge is 2.54. The van der Waals surface area contributed by atoms with Gasteiger partial charge in [-0.1, -0.05) is 0 Å². The van der Waals surface area contributed by atoms with Gasteiger partial charge in [0.05, 0.1) is 13.2 Å². The summed E-state index contributed by atoms with van der Waals surface area (Å²) in [7, 11) is 0. The highest BCUT2D eigenvalue weighted by atomic mass is 19.1. The molecule has 2 N–H and O–H groups in total. The Labute approximate surface area is 139 Å². The van der Waals surface area contributed by atoms with Gasteiger partial charge in [-0.3, -0.25) is 14.5 Å². The number of rotatable bonds is 4. The highest BCUT2D eigenvalue weighted by Crippen LogP contribution is 2.41. The molecule has 2 saturated heterocycles. The van der Waals surface area contributed by atoms with E-state index in [0.29, 0.717) is 37.4 Å². The number of nitrogens with zero attached hydrogens (tertiary/aromatic N) is 1. The number of carboxylic acids is 1. The first-order valence-corrected chi connectivity index (χ1v) is 8.00. The summed E-state index contributed by atoms with van der Waals surface area (Å²) in [5, 5.41) is 12.4. The van der Waals surface area contributed by atoms with Crippen LogP contribution in [0.25, 0.3) is 0 Å². The van der Waals surface area contributed by atoms with Gasteiger partial charge in [-0.05, 0) is 43.0 Å². The molecule has 3 rings (SSSR count). The minimum atomic E-state index is -0.912. The Balaban J connectivity index is 1.64. The van der Waals surface area contributed by atoms with Gasteiger partial charge in [0.25, 0.3) is 0 Å². The lowest BCUT2D eigenvalue weighted by atomic mass is 9.76. The number of fused-ring (bicyclic) bond motifs is 1. The highest BCUT2D eigenvalue weighted by molar-refractivity contribution is 5.93. The molecule has 7 heteroatoms. The number of nitrogens with one attached hydrogen (secondary N) is 1. The summed E-state index contributed by atoms with van der Waals surface area (Å²) >= 11 is 0. The van der Waals surface area contributed by atoms with E-state index in [1.54, 1.807) is 6.92 Å². The van der Waals surface area contributed by atoms with Crippen LogP contribution in [0.2, 0.25) is 0 Å². The van der Waals surface area contributed by atoms with Crippen LogP contribution >= 0.6 is 0 Å². The van der Waals surface area contributed by atoms with E-state index in [-0.39, 0.29) is 30.8 Å². The molecule has 0 radical (unpaired) electrons. The molecule has 2 atom stereocenters. The summed E-state index contributed by atoms with van der Waals surface area (Å²) < 4.78 is 18.5. The predicted molar refractivity (Wildman–Crippen MR) is 85.2 cm³/mol. The van der Waals surface area contributed by atoms with E-state index in [9.17, 15) is 19.1 Å². The summed E-state index contributed by atoms with van der Waals surface area (Å²) in [5.74, 6) is -1.43. The van der Waals surface area contributed by atoms with Crippen molar-refractivity contribution < 1.29 is 23.8 Å². The van der Waals surface area contributed by atoms with Crippen molar-refractivity contribution in [3.8, 4) is 0 Å². The standard InChI is InChI=1S/C17H21FN2O4/c1-11-6-13(18)2-3-14(11)19-15(21)8-20-7-12-4-5-24-10-17(12,9-20)16(22)23/h2-3,6,12H,4-5,7-10H2,1H3,(H,19,21)(H,22,23)/t12-,17+/m0/s1. The molecule has 0 spiro atoms. The maximum Gasteiger partial charge on any atom is 0.313 e. The number of halogens is 1. The van der Waals surface area contributed by atoms with Crippen molar-refractivity contribution in [1.82, 2.24) is 4.90 Å². The lowest BCUT2D eigenvalue weighted by Gasteiger charge is -2.34. The zero-order valence-corrected chi connectivity index (χ0v) is 13.5. The van der Waals surface area contributed by atoms with Gasteiger partial charge < -0.3 is 15.2 Å². The van der Waals surface area contributed by atoms with Crippen LogP contribution in [0.1, 0.15) is 12.0 Å². The number of amides is 1. The van der Waals surface area contributed by atoms with Gasteiger partial charge in [-0.25, -0.2) is 4.39 Å². The van der Waals surface area contributed by atoms with Crippen molar-refractivity contribution >= 4 is 17.6 Å². The second-order valence-corrected chi connectivity index (χ2v) is 6.68. The molecule has 0 aromatic heterocycles. The first-order valence-electron chi connectivity index (χ1n) is 8.00. The number of aliphatic carboxylic acids is 1. The molecule has 0 bridgehead atoms. The molecule has 1 aromatic carbocycles. The lowest BCUT2D eigenvalue weighted by Crippen LogP contribution is -2.46. The van der Waals surface area contributed by atoms with E-state index >= 15 is 0 Å². The van der Waals surface area contributed by atoms with Crippen molar-refractivity contribution in [2.45, 2.75) is 13.3 Å². The molecular formula is C17H21FN2O4. The van der Waals surface area contributed by atoms with Crippen molar-refractivity contribution in [3.05, 3.63) is 29.6 Å². The lowest BCUT2D eigenvalue weighted by molar-refractivity contribution is -0.159. The molecule has 1 amide bonds. The molecule has 0 aliphatic carbocycles. The maximum absolute atomic E-state index is 13.1. The summed E-state index contributed by atoms with van der Waals surface area (Å²) in [6.07, 6.45) is 0.696. The second kappa shape index (κ2) is 6.49. The summed E-state index contributed by atoms with van der Waals surface area (Å²) in [6.45, 7) is 3.48. The largest absolute Gasteiger partial charge is 0.481 e. The number of hydrogen-bond donors (Lipinski definition) is 2. The number of anilines is 1. The molecule has 24 heavy (non-hydrogen) atoms. The number of carbonyl (C=O) groups excluding carboxylic acids is 1. The molecule has 0 saturated carbocycles. The Morgan fingerprint density at radius 2 is 2.29 bits per heavy atom. The summed E-state index contributed by atoms with van der Waals surface area (Å²) in [4.78, 5) is 25.8. The normalized spacial score (nSPS) is 26.8. The van der Waals surface area contributed by atoms with Crippen LogP contribution in [0.5, 0.6) is 0 Å². The van der Waals surface area contributed by atoms with E-state index in [1.165, 1.54) is 18.2 Å². The van der Waals surface area contributed by atoms with Gasteiger partial charge in [0, 0.05) is 25.4 Å². The van der Waals surface area contributed by atoms with Crippen LogP contribution in [0.15, 0.2) is 18.2 Å². The summed E-state index contributed by atoms with van der Waals surface area (Å²) in [5.41, 5.74) is 0.299. The number of ether oxygens (including phenoxy) is 1. The molecule has 0 unspecified atom stereocenters. The number of aryl methyl sites for hydroxylation is 1. The van der Waals surface area contributed by atoms with E-state index in [2.05, 4.69) is 5.32 Å². The second-order valence-electron chi connectivity index (χ2n) is 6.68. The third-order valence-corrected chi connectivity index (χ3v) is 4.99. The average Bonchev–Trinajstić information content (AvgIpc) is 2.89. The van der Waals surface area contributed by atoms with E-state index in [4.69, 9.17) is 4.74 Å². The minimum absolute atomic E-state index is 0.00380. The fraction of sp³-hybridized carbons (Fsp3) is 0.529. The SMILES string of the molecule is Cc1cc(F)ccc1NC(=O)CN1C[C@@H]2CCOC[C@]2(C(=O)O)C1. The first kappa shape index (κ1) is 16.9. The topological polar surface area (TPSA) is 78.9 Å². The Bertz CT molecular complexity index is 666. The third kappa shape index (κ3) is 3.14. The van der Waals surface area contributed by atoms with Crippen LogP contribution in [0, 0.1) is 24.1 Å². The van der Waals surface area contributed by atoms with Gasteiger partial charge in [0.1, 0.15) is 11.2 Å². The molecule has 130 valence electrons. The molecule has 2 heterocycles. The number of carboxylic acid groups (broad SMARTS) is 1. The molecular weight excluding hydrogens is 315 g/mol. The van der Waals surface area contributed by atoms with Crippen molar-refractivity contribution in [3.63, 3.8) is 0 Å². The Morgan fingerprint density at radius 1 is 1.50 bits per heavy atom. The molecule has 2 fully saturated rings. The van der Waals surface area contributed by atoms with Crippen LogP contribution in [0.3, 0.4) is 0 Å². The van der Waals surface area contributed by atoms with Gasteiger partial charge in [-0.2, -0.15) is 0 Å². The number of carbonyl (C=O) groups is 2. The Hall–Kier alpha value is -1.99. The van der Waals surface area contributed by atoms with Crippen LogP contribution < -0.4 is 5.32 Å². The van der Waals surface area contributed by atoms with Crippen LogP contribution in [-0.4, -0.2) is 54.7 Å². The fourth-order valence-electron chi connectivity index (χ4n) is 3.67. The van der Waals surface area contributed by atoms with E-state index in [1.807, 2.05) is 4.90 Å². The molecule has 2 aliphatic rings. The van der Waals surface area contributed by atoms with Gasteiger partial charge >= 0.3 is 5.97 Å². The van der Waals surface area contributed by atoms with Gasteiger partial charge in [0.15, 0.2) is 0 Å². The fourth-order valence-corrected chi connectivity index (χ4v) is 3.67. The Kier molecular flexibility index (Phi) is 4.56. The number of benzene rings is 1. The quantitative estimate of drug-likeness (QED) is 0.871.